The Morgan fingerprint density at radius 3 is 3.05 bits per heavy atom. The van der Waals surface area contributed by atoms with Crippen LogP contribution in [-0.2, 0) is 4.74 Å². The van der Waals surface area contributed by atoms with Gasteiger partial charge in [-0.1, -0.05) is 22.9 Å². The number of benzene rings is 1. The van der Waals surface area contributed by atoms with Crippen LogP contribution in [0.4, 0.5) is 10.5 Å². The lowest BCUT2D eigenvalue weighted by Crippen LogP contribution is -2.47. The lowest BCUT2D eigenvalue weighted by molar-refractivity contribution is -0.0134. The van der Waals surface area contributed by atoms with Crippen molar-refractivity contribution in [2.75, 3.05) is 25.0 Å². The largest absolute Gasteiger partial charge is 0.375 e. The fourth-order valence-electron chi connectivity index (χ4n) is 2.08. The first-order valence-corrected chi connectivity index (χ1v) is 7.33. The average Bonchev–Trinajstić information content (AvgIpc) is 2.43. The Morgan fingerprint density at radius 2 is 2.37 bits per heavy atom. The van der Waals surface area contributed by atoms with Gasteiger partial charge in [0.1, 0.15) is 0 Å². The molecule has 1 aromatic carbocycles. The van der Waals surface area contributed by atoms with Crippen LogP contribution in [0.3, 0.4) is 0 Å². The number of rotatable bonds is 2. The standard InChI is InChI=1S/C14H19BrN2O2/c1-3-12-9-17(6-7-19-12)14(18)16-11-4-5-13(15)10(2)8-11/h4-5,8,12H,3,6-7,9H2,1-2H3,(H,16,18)/t12-/m0/s1. The maximum Gasteiger partial charge on any atom is 0.322 e. The zero-order valence-electron chi connectivity index (χ0n) is 11.3. The Bertz CT molecular complexity index is 465. The SMILES string of the molecule is CC[C@H]1CN(C(=O)Nc2ccc(Br)c(C)c2)CCO1. The summed E-state index contributed by atoms with van der Waals surface area (Å²) in [6, 6.07) is 5.74. The van der Waals surface area contributed by atoms with Gasteiger partial charge >= 0.3 is 6.03 Å². The summed E-state index contributed by atoms with van der Waals surface area (Å²) in [5.74, 6) is 0. The first kappa shape index (κ1) is 14.3. The van der Waals surface area contributed by atoms with Gasteiger partial charge in [-0.05, 0) is 37.1 Å². The average molecular weight is 327 g/mol. The van der Waals surface area contributed by atoms with Gasteiger partial charge in [0.25, 0.3) is 0 Å². The maximum atomic E-state index is 12.2. The molecule has 1 aliphatic heterocycles. The summed E-state index contributed by atoms with van der Waals surface area (Å²) in [7, 11) is 0. The van der Waals surface area contributed by atoms with E-state index in [2.05, 4.69) is 28.2 Å². The molecule has 0 aromatic heterocycles. The molecule has 104 valence electrons. The molecule has 19 heavy (non-hydrogen) atoms. The Labute approximate surface area is 122 Å². The monoisotopic (exact) mass is 326 g/mol. The molecule has 0 saturated carbocycles. The molecule has 5 heteroatoms. The number of aryl methyl sites for hydroxylation is 1. The second kappa shape index (κ2) is 6.39. The normalized spacial score (nSPS) is 19.3. The first-order chi connectivity index (χ1) is 9.10. The van der Waals surface area contributed by atoms with E-state index in [1.54, 1.807) is 0 Å². The van der Waals surface area contributed by atoms with Crippen LogP contribution in [0.25, 0.3) is 0 Å². The zero-order chi connectivity index (χ0) is 13.8. The lowest BCUT2D eigenvalue weighted by Gasteiger charge is -2.32. The van der Waals surface area contributed by atoms with Crippen molar-refractivity contribution in [3.63, 3.8) is 0 Å². The Kier molecular flexibility index (Phi) is 4.82. The third-order valence-electron chi connectivity index (χ3n) is 3.29. The molecule has 1 aromatic rings. The summed E-state index contributed by atoms with van der Waals surface area (Å²) in [6.45, 7) is 6.01. The van der Waals surface area contributed by atoms with E-state index in [0.717, 1.165) is 22.1 Å². The fourth-order valence-corrected chi connectivity index (χ4v) is 2.32. The number of carbonyl (C=O) groups is 1. The minimum Gasteiger partial charge on any atom is -0.375 e. The Morgan fingerprint density at radius 1 is 1.58 bits per heavy atom. The van der Waals surface area contributed by atoms with E-state index in [9.17, 15) is 4.79 Å². The molecular weight excluding hydrogens is 308 g/mol. The van der Waals surface area contributed by atoms with E-state index < -0.39 is 0 Å². The zero-order valence-corrected chi connectivity index (χ0v) is 12.9. The van der Waals surface area contributed by atoms with Crippen LogP contribution in [0.15, 0.2) is 22.7 Å². The van der Waals surface area contributed by atoms with E-state index in [-0.39, 0.29) is 12.1 Å². The highest BCUT2D eigenvalue weighted by atomic mass is 79.9. The molecule has 4 nitrogen and oxygen atoms in total. The van der Waals surface area contributed by atoms with Gasteiger partial charge in [0, 0.05) is 23.2 Å². The predicted octanol–water partition coefficient (Wildman–Crippen LogP) is 3.40. The van der Waals surface area contributed by atoms with Gasteiger partial charge in [0.15, 0.2) is 0 Å². The van der Waals surface area contributed by atoms with E-state index in [4.69, 9.17) is 4.74 Å². The van der Waals surface area contributed by atoms with Crippen LogP contribution in [-0.4, -0.2) is 36.7 Å². The molecule has 1 aliphatic rings. The van der Waals surface area contributed by atoms with Gasteiger partial charge in [0.2, 0.25) is 0 Å². The van der Waals surface area contributed by atoms with E-state index >= 15 is 0 Å². The molecule has 0 aliphatic carbocycles. The van der Waals surface area contributed by atoms with Crippen LogP contribution in [0.2, 0.25) is 0 Å². The van der Waals surface area contributed by atoms with Gasteiger partial charge in [-0.25, -0.2) is 4.79 Å². The lowest BCUT2D eigenvalue weighted by atomic mass is 10.2. The van der Waals surface area contributed by atoms with E-state index in [0.29, 0.717) is 19.7 Å². The second-order valence-electron chi connectivity index (χ2n) is 4.74. The van der Waals surface area contributed by atoms with Crippen LogP contribution in [0.1, 0.15) is 18.9 Å². The van der Waals surface area contributed by atoms with Crippen molar-refractivity contribution in [2.45, 2.75) is 26.4 Å². The Hall–Kier alpha value is -1.07. The molecule has 1 fully saturated rings. The smallest absolute Gasteiger partial charge is 0.322 e. The van der Waals surface area contributed by atoms with Crippen LogP contribution >= 0.6 is 15.9 Å². The molecule has 0 unspecified atom stereocenters. The van der Waals surface area contributed by atoms with Crippen molar-refractivity contribution in [3.8, 4) is 0 Å². The highest BCUT2D eigenvalue weighted by Crippen LogP contribution is 2.20. The topological polar surface area (TPSA) is 41.6 Å². The van der Waals surface area contributed by atoms with Gasteiger partial charge in [0.05, 0.1) is 12.7 Å². The van der Waals surface area contributed by atoms with E-state index in [1.165, 1.54) is 0 Å². The molecule has 1 atom stereocenters. The molecule has 2 amide bonds. The summed E-state index contributed by atoms with van der Waals surface area (Å²) in [6.07, 6.45) is 1.09. The number of urea groups is 1. The van der Waals surface area contributed by atoms with Crippen molar-refractivity contribution in [3.05, 3.63) is 28.2 Å². The molecule has 0 bridgehead atoms. The highest BCUT2D eigenvalue weighted by Gasteiger charge is 2.22. The molecular formula is C14H19BrN2O2. The molecule has 0 spiro atoms. The molecule has 1 heterocycles. The molecule has 0 radical (unpaired) electrons. The third kappa shape index (κ3) is 3.70. The number of amides is 2. The first-order valence-electron chi connectivity index (χ1n) is 6.54. The quantitative estimate of drug-likeness (QED) is 0.904. The van der Waals surface area contributed by atoms with Gasteiger partial charge in [-0.3, -0.25) is 0 Å². The maximum absolute atomic E-state index is 12.2. The summed E-state index contributed by atoms with van der Waals surface area (Å²) in [5.41, 5.74) is 1.93. The van der Waals surface area contributed by atoms with Gasteiger partial charge < -0.3 is 15.0 Å². The highest BCUT2D eigenvalue weighted by molar-refractivity contribution is 9.10. The number of anilines is 1. The minimum absolute atomic E-state index is 0.0523. The third-order valence-corrected chi connectivity index (χ3v) is 4.18. The van der Waals surface area contributed by atoms with Crippen molar-refractivity contribution in [2.24, 2.45) is 0 Å². The molecule has 1 saturated heterocycles. The summed E-state index contributed by atoms with van der Waals surface area (Å²) in [4.78, 5) is 14.0. The summed E-state index contributed by atoms with van der Waals surface area (Å²) < 4.78 is 6.61. The van der Waals surface area contributed by atoms with Crippen LogP contribution in [0.5, 0.6) is 0 Å². The second-order valence-corrected chi connectivity index (χ2v) is 5.60. The van der Waals surface area contributed by atoms with Gasteiger partial charge in [-0.15, -0.1) is 0 Å². The van der Waals surface area contributed by atoms with Crippen LogP contribution in [0, 0.1) is 6.92 Å². The molecule has 2 rings (SSSR count). The molecule has 1 N–H and O–H groups in total. The number of nitrogens with one attached hydrogen (secondary N) is 1. The Balaban J connectivity index is 1.98. The summed E-state index contributed by atoms with van der Waals surface area (Å²) >= 11 is 3.45. The van der Waals surface area contributed by atoms with E-state index in [1.807, 2.05) is 30.0 Å². The number of morpholine rings is 1. The van der Waals surface area contributed by atoms with Crippen molar-refractivity contribution in [1.82, 2.24) is 4.90 Å². The number of nitrogens with zero attached hydrogens (tertiary/aromatic N) is 1. The van der Waals surface area contributed by atoms with Crippen LogP contribution < -0.4 is 5.32 Å². The number of carbonyl (C=O) groups excluding carboxylic acids is 1. The number of hydrogen-bond acceptors (Lipinski definition) is 2. The predicted molar refractivity (Wildman–Crippen MR) is 79.5 cm³/mol. The number of halogens is 1. The number of hydrogen-bond donors (Lipinski definition) is 1. The summed E-state index contributed by atoms with van der Waals surface area (Å²) in [5, 5.41) is 2.93. The number of ether oxygens (including phenoxy) is 1. The van der Waals surface area contributed by atoms with Crippen molar-refractivity contribution < 1.29 is 9.53 Å². The van der Waals surface area contributed by atoms with Gasteiger partial charge in [-0.2, -0.15) is 0 Å². The van der Waals surface area contributed by atoms with Crippen molar-refractivity contribution >= 4 is 27.6 Å². The fraction of sp³-hybridized carbons (Fsp3) is 0.500. The minimum atomic E-state index is -0.0523. The van der Waals surface area contributed by atoms with Crippen molar-refractivity contribution in [1.29, 1.82) is 0 Å².